The Bertz CT molecular complexity index is 330. The molecule has 0 radical (unpaired) electrons. The van der Waals surface area contributed by atoms with E-state index in [2.05, 4.69) is 51.9 Å². The number of fused-ring (bicyclic) bond motifs is 2. The largest absolute Gasteiger partial charge is 0.313 e. The van der Waals surface area contributed by atoms with Crippen molar-refractivity contribution in [2.45, 2.75) is 46.1 Å². The molecule has 2 aliphatic rings. The van der Waals surface area contributed by atoms with Crippen molar-refractivity contribution in [3.05, 3.63) is 24.3 Å². The second-order valence-electron chi connectivity index (χ2n) is 5.95. The average molecular weight is 219 g/mol. The van der Waals surface area contributed by atoms with Crippen molar-refractivity contribution in [2.24, 2.45) is 16.7 Å². The van der Waals surface area contributed by atoms with E-state index in [4.69, 9.17) is 0 Å². The summed E-state index contributed by atoms with van der Waals surface area (Å²) in [6, 6.07) is 0.585. The van der Waals surface area contributed by atoms with Crippen LogP contribution in [0.5, 0.6) is 0 Å². The summed E-state index contributed by atoms with van der Waals surface area (Å²) in [5.74, 6) is 0.790. The van der Waals surface area contributed by atoms with Crippen LogP contribution in [0.1, 0.15) is 40.0 Å². The zero-order chi connectivity index (χ0) is 12.0. The molecule has 0 spiro atoms. The molecule has 1 N–H and O–H groups in total. The Balaban J connectivity index is 2.44. The fourth-order valence-electron chi connectivity index (χ4n) is 4.40. The maximum absolute atomic E-state index is 4.12. The molecule has 0 aromatic rings. The normalized spacial score (nSPS) is 46.6. The summed E-state index contributed by atoms with van der Waals surface area (Å²) >= 11 is 0. The molecule has 3 unspecified atom stereocenters. The van der Waals surface area contributed by atoms with E-state index in [1.54, 1.807) is 0 Å². The summed E-state index contributed by atoms with van der Waals surface area (Å²) in [7, 11) is 2.09. The molecule has 0 aliphatic heterocycles. The summed E-state index contributed by atoms with van der Waals surface area (Å²) in [5, 5.41) is 3.48. The van der Waals surface area contributed by atoms with Crippen LogP contribution in [0.25, 0.3) is 0 Å². The number of hydrogen-bond donors (Lipinski definition) is 1. The highest BCUT2D eigenvalue weighted by atomic mass is 14.9. The van der Waals surface area contributed by atoms with Gasteiger partial charge in [-0.2, -0.15) is 0 Å². The monoisotopic (exact) mass is 219 g/mol. The van der Waals surface area contributed by atoms with Gasteiger partial charge < -0.3 is 5.32 Å². The third-order valence-corrected chi connectivity index (χ3v) is 5.29. The van der Waals surface area contributed by atoms with E-state index in [0.29, 0.717) is 16.9 Å². The number of rotatable bonds is 3. The second kappa shape index (κ2) is 3.73. The number of nitrogens with one attached hydrogen (secondary N) is 1. The maximum Gasteiger partial charge on any atom is 0.0303 e. The van der Waals surface area contributed by atoms with Crippen molar-refractivity contribution < 1.29 is 0 Å². The van der Waals surface area contributed by atoms with E-state index >= 15 is 0 Å². The first-order valence-corrected chi connectivity index (χ1v) is 6.52. The fraction of sp³-hybridized carbons (Fsp3) is 0.733. The van der Waals surface area contributed by atoms with E-state index in [-0.39, 0.29) is 0 Å². The molecule has 4 atom stereocenters. The summed E-state index contributed by atoms with van der Waals surface area (Å²) < 4.78 is 0. The SMILES string of the molecule is C=C[C@]1(CC)CC2CC1(C)C=C(C)C2NC. The molecule has 1 saturated carbocycles. The van der Waals surface area contributed by atoms with Crippen LogP contribution in [-0.4, -0.2) is 13.1 Å². The standard InChI is InChI=1S/C15H25N/c1-6-15(7-2)10-12-9-14(15,4)8-11(3)13(12)16-5/h6,8,12-13,16H,1,7,9-10H2,2-5H3/t12?,13?,14?,15-/m0/s1. The second-order valence-corrected chi connectivity index (χ2v) is 5.95. The van der Waals surface area contributed by atoms with Gasteiger partial charge in [-0.15, -0.1) is 6.58 Å². The molecule has 0 heterocycles. The maximum atomic E-state index is 4.12. The summed E-state index contributed by atoms with van der Waals surface area (Å²) in [4.78, 5) is 0. The third kappa shape index (κ3) is 1.34. The van der Waals surface area contributed by atoms with Gasteiger partial charge in [0.05, 0.1) is 0 Å². The Morgan fingerprint density at radius 2 is 2.25 bits per heavy atom. The molecular formula is C15H25N. The van der Waals surface area contributed by atoms with Crippen molar-refractivity contribution in [3.63, 3.8) is 0 Å². The van der Waals surface area contributed by atoms with Gasteiger partial charge in [0.25, 0.3) is 0 Å². The molecule has 0 aromatic heterocycles. The number of hydrogen-bond acceptors (Lipinski definition) is 1. The van der Waals surface area contributed by atoms with Crippen LogP contribution in [0.4, 0.5) is 0 Å². The minimum absolute atomic E-state index is 0.324. The topological polar surface area (TPSA) is 12.0 Å². The number of allylic oxidation sites excluding steroid dienone is 2. The molecular weight excluding hydrogens is 194 g/mol. The molecule has 1 nitrogen and oxygen atoms in total. The molecule has 90 valence electrons. The lowest BCUT2D eigenvalue weighted by atomic mass is 9.64. The van der Waals surface area contributed by atoms with Crippen molar-refractivity contribution in [1.82, 2.24) is 5.32 Å². The van der Waals surface area contributed by atoms with Gasteiger partial charge in [-0.3, -0.25) is 0 Å². The molecule has 0 saturated heterocycles. The van der Waals surface area contributed by atoms with Gasteiger partial charge in [0, 0.05) is 6.04 Å². The van der Waals surface area contributed by atoms with E-state index in [1.807, 2.05) is 0 Å². The first kappa shape index (κ1) is 11.9. The Labute approximate surface area is 100 Å². The van der Waals surface area contributed by atoms with Crippen LogP contribution in [0.2, 0.25) is 0 Å². The van der Waals surface area contributed by atoms with Gasteiger partial charge in [0.1, 0.15) is 0 Å². The zero-order valence-electron chi connectivity index (χ0n) is 11.1. The molecule has 0 aromatic carbocycles. The van der Waals surface area contributed by atoms with Crippen molar-refractivity contribution in [1.29, 1.82) is 0 Å². The van der Waals surface area contributed by atoms with Crippen LogP contribution in [-0.2, 0) is 0 Å². The molecule has 2 aliphatic carbocycles. The Morgan fingerprint density at radius 3 is 2.75 bits per heavy atom. The molecule has 1 heteroatoms. The minimum atomic E-state index is 0.324. The summed E-state index contributed by atoms with van der Waals surface area (Å²) in [6.45, 7) is 11.1. The predicted octanol–water partition coefficient (Wildman–Crippen LogP) is 3.53. The zero-order valence-corrected chi connectivity index (χ0v) is 11.1. The van der Waals surface area contributed by atoms with Gasteiger partial charge in [0.2, 0.25) is 0 Å². The van der Waals surface area contributed by atoms with Crippen molar-refractivity contribution in [3.8, 4) is 0 Å². The van der Waals surface area contributed by atoms with E-state index in [0.717, 1.165) is 5.92 Å². The quantitative estimate of drug-likeness (QED) is 0.716. The predicted molar refractivity (Wildman–Crippen MR) is 70.4 cm³/mol. The first-order valence-electron chi connectivity index (χ1n) is 6.52. The molecule has 0 amide bonds. The van der Waals surface area contributed by atoms with Crippen LogP contribution in [0.15, 0.2) is 24.3 Å². The van der Waals surface area contributed by atoms with Gasteiger partial charge >= 0.3 is 0 Å². The molecule has 2 bridgehead atoms. The van der Waals surface area contributed by atoms with Crippen molar-refractivity contribution in [2.75, 3.05) is 7.05 Å². The molecule has 2 rings (SSSR count). The van der Waals surface area contributed by atoms with Gasteiger partial charge in [-0.25, -0.2) is 0 Å². The highest BCUT2D eigenvalue weighted by Gasteiger charge is 2.55. The van der Waals surface area contributed by atoms with E-state index < -0.39 is 0 Å². The summed E-state index contributed by atoms with van der Waals surface area (Å²) in [5.41, 5.74) is 2.19. The smallest absolute Gasteiger partial charge is 0.0303 e. The van der Waals surface area contributed by atoms with E-state index in [1.165, 1.54) is 24.8 Å². The Morgan fingerprint density at radius 1 is 1.56 bits per heavy atom. The Kier molecular flexibility index (Phi) is 2.78. The molecule has 16 heavy (non-hydrogen) atoms. The lowest BCUT2D eigenvalue weighted by Gasteiger charge is -2.40. The first-order chi connectivity index (χ1) is 7.52. The average Bonchev–Trinajstić information content (AvgIpc) is 2.48. The van der Waals surface area contributed by atoms with E-state index in [9.17, 15) is 0 Å². The van der Waals surface area contributed by atoms with Crippen molar-refractivity contribution >= 4 is 0 Å². The lowest BCUT2D eigenvalue weighted by Crippen LogP contribution is -2.37. The van der Waals surface area contributed by atoms with Crippen LogP contribution in [0, 0.1) is 16.7 Å². The number of likely N-dealkylation sites (N-methyl/N-ethyl adjacent to an activating group) is 1. The molecule has 1 fully saturated rings. The van der Waals surface area contributed by atoms with Gasteiger partial charge in [-0.05, 0) is 50.0 Å². The Hall–Kier alpha value is -0.560. The highest BCUT2D eigenvalue weighted by molar-refractivity contribution is 5.29. The highest BCUT2D eigenvalue weighted by Crippen LogP contribution is 2.62. The van der Waals surface area contributed by atoms with Gasteiger partial charge in [0.15, 0.2) is 0 Å². The van der Waals surface area contributed by atoms with Crippen LogP contribution >= 0.6 is 0 Å². The van der Waals surface area contributed by atoms with Crippen LogP contribution < -0.4 is 5.32 Å². The fourth-order valence-corrected chi connectivity index (χ4v) is 4.40. The lowest BCUT2D eigenvalue weighted by molar-refractivity contribution is 0.197. The third-order valence-electron chi connectivity index (χ3n) is 5.29. The summed E-state index contributed by atoms with van der Waals surface area (Å²) in [6.07, 6.45) is 8.57. The van der Waals surface area contributed by atoms with Crippen LogP contribution in [0.3, 0.4) is 0 Å². The van der Waals surface area contributed by atoms with Gasteiger partial charge in [-0.1, -0.05) is 31.6 Å². The minimum Gasteiger partial charge on any atom is -0.313 e.